The lowest BCUT2D eigenvalue weighted by Gasteiger charge is -2.69. The molecule has 0 aliphatic heterocycles. The second-order valence-corrected chi connectivity index (χ2v) is 9.48. The number of carboxylic acids is 1. The second kappa shape index (κ2) is 4.62. The fraction of sp³-hybridized carbons (Fsp3) is 0.850. The zero-order valence-electron chi connectivity index (χ0n) is 14.5. The van der Waals surface area contributed by atoms with Crippen LogP contribution in [0.2, 0.25) is 0 Å². The standard InChI is InChI=1S/C20H30O3/c1-12-11-20-8-5-13(12)9-15(20)18(2)6-4-7-19(3,17(22)23)14(18)10-16(20)21/h13-16,21H,1,4-11H2,2-3H3,(H,22,23). The summed E-state index contributed by atoms with van der Waals surface area (Å²) in [6.45, 7) is 8.58. The summed E-state index contributed by atoms with van der Waals surface area (Å²) in [5, 5.41) is 21.0. The lowest BCUT2D eigenvalue weighted by atomic mass is 9.36. The molecule has 128 valence electrons. The van der Waals surface area contributed by atoms with Gasteiger partial charge in [0.1, 0.15) is 0 Å². The third kappa shape index (κ3) is 1.78. The number of carbonyl (C=O) groups is 1. The van der Waals surface area contributed by atoms with Crippen LogP contribution in [-0.4, -0.2) is 22.3 Å². The van der Waals surface area contributed by atoms with Gasteiger partial charge < -0.3 is 10.2 Å². The number of rotatable bonds is 1. The number of aliphatic hydroxyl groups is 1. The predicted octanol–water partition coefficient (Wildman–Crippen LogP) is 4.01. The van der Waals surface area contributed by atoms with Gasteiger partial charge in [-0.2, -0.15) is 0 Å². The van der Waals surface area contributed by atoms with Gasteiger partial charge in [-0.15, -0.1) is 0 Å². The van der Waals surface area contributed by atoms with Crippen LogP contribution in [0.4, 0.5) is 0 Å². The van der Waals surface area contributed by atoms with Gasteiger partial charge in [0.2, 0.25) is 0 Å². The van der Waals surface area contributed by atoms with Crippen molar-refractivity contribution in [1.82, 2.24) is 0 Å². The highest BCUT2D eigenvalue weighted by molar-refractivity contribution is 5.75. The lowest BCUT2D eigenvalue weighted by molar-refractivity contribution is -0.224. The highest BCUT2D eigenvalue weighted by atomic mass is 16.4. The van der Waals surface area contributed by atoms with Crippen molar-refractivity contribution < 1.29 is 15.0 Å². The van der Waals surface area contributed by atoms with Gasteiger partial charge in [0.05, 0.1) is 11.5 Å². The molecule has 0 aromatic rings. The number of carboxylic acid groups (broad SMARTS) is 1. The van der Waals surface area contributed by atoms with Gasteiger partial charge in [-0.25, -0.2) is 0 Å². The van der Waals surface area contributed by atoms with Crippen molar-refractivity contribution in [3.05, 3.63) is 12.2 Å². The first-order valence-electron chi connectivity index (χ1n) is 9.33. The van der Waals surface area contributed by atoms with E-state index >= 15 is 0 Å². The van der Waals surface area contributed by atoms with Crippen LogP contribution in [0.3, 0.4) is 0 Å². The molecule has 7 unspecified atom stereocenters. The first-order valence-corrected chi connectivity index (χ1v) is 9.33. The zero-order chi connectivity index (χ0) is 16.6. The van der Waals surface area contributed by atoms with Crippen LogP contribution in [0.25, 0.3) is 0 Å². The van der Waals surface area contributed by atoms with E-state index in [1.807, 2.05) is 6.92 Å². The molecule has 2 bridgehead atoms. The Labute approximate surface area is 139 Å². The Bertz CT molecular complexity index is 569. The van der Waals surface area contributed by atoms with Crippen molar-refractivity contribution in [3.63, 3.8) is 0 Å². The van der Waals surface area contributed by atoms with E-state index in [0.29, 0.717) is 18.3 Å². The maximum absolute atomic E-state index is 12.1. The van der Waals surface area contributed by atoms with Gasteiger partial charge in [0.15, 0.2) is 0 Å². The Morgan fingerprint density at radius 1 is 1.17 bits per heavy atom. The maximum Gasteiger partial charge on any atom is 0.309 e. The molecule has 0 heterocycles. The first-order chi connectivity index (χ1) is 10.7. The van der Waals surface area contributed by atoms with Crippen molar-refractivity contribution in [2.45, 2.75) is 71.3 Å². The topological polar surface area (TPSA) is 57.5 Å². The Hall–Kier alpha value is -0.830. The predicted molar refractivity (Wildman–Crippen MR) is 88.8 cm³/mol. The lowest BCUT2D eigenvalue weighted by Crippen LogP contribution is -2.65. The fourth-order valence-electron chi connectivity index (χ4n) is 7.42. The minimum Gasteiger partial charge on any atom is -0.481 e. The normalized spacial score (nSPS) is 55.2. The second-order valence-electron chi connectivity index (χ2n) is 9.48. The molecular weight excluding hydrogens is 288 g/mol. The van der Waals surface area contributed by atoms with E-state index in [1.165, 1.54) is 12.0 Å². The van der Waals surface area contributed by atoms with E-state index in [2.05, 4.69) is 13.5 Å². The van der Waals surface area contributed by atoms with Crippen molar-refractivity contribution >= 4 is 5.97 Å². The molecule has 0 saturated heterocycles. The number of aliphatic hydroxyl groups excluding tert-OH is 1. The smallest absolute Gasteiger partial charge is 0.309 e. The molecule has 5 aliphatic rings. The summed E-state index contributed by atoms with van der Waals surface area (Å²) < 4.78 is 0. The van der Waals surface area contributed by atoms with E-state index in [4.69, 9.17) is 0 Å². The van der Waals surface area contributed by atoms with Gasteiger partial charge in [-0.3, -0.25) is 4.79 Å². The summed E-state index contributed by atoms with van der Waals surface area (Å²) in [7, 11) is 0. The fourth-order valence-corrected chi connectivity index (χ4v) is 7.42. The van der Waals surface area contributed by atoms with Gasteiger partial charge >= 0.3 is 5.97 Å². The van der Waals surface area contributed by atoms with Crippen LogP contribution in [-0.2, 0) is 4.79 Å². The third-order valence-corrected chi connectivity index (χ3v) is 8.69. The van der Waals surface area contributed by atoms with Crippen LogP contribution >= 0.6 is 0 Å². The van der Waals surface area contributed by atoms with Crippen molar-refractivity contribution in [2.24, 2.45) is 34.0 Å². The molecule has 0 aromatic heterocycles. The summed E-state index contributed by atoms with van der Waals surface area (Å²) in [4.78, 5) is 12.1. The minimum atomic E-state index is -0.677. The molecule has 5 fully saturated rings. The van der Waals surface area contributed by atoms with Gasteiger partial charge in [0.25, 0.3) is 0 Å². The van der Waals surface area contributed by atoms with Crippen molar-refractivity contribution in [2.75, 3.05) is 0 Å². The molecular formula is C20H30O3. The highest BCUT2D eigenvalue weighted by Gasteiger charge is 2.67. The van der Waals surface area contributed by atoms with Crippen LogP contribution in [0.1, 0.15) is 65.2 Å². The molecule has 7 atom stereocenters. The summed E-state index contributed by atoms with van der Waals surface area (Å²) >= 11 is 0. The van der Waals surface area contributed by atoms with E-state index in [-0.39, 0.29) is 22.9 Å². The number of fused-ring (bicyclic) bond motifs is 3. The van der Waals surface area contributed by atoms with Crippen LogP contribution in [0.5, 0.6) is 0 Å². The van der Waals surface area contributed by atoms with Crippen molar-refractivity contribution in [1.29, 1.82) is 0 Å². The summed E-state index contributed by atoms with van der Waals surface area (Å²) in [6, 6.07) is 0. The zero-order valence-corrected chi connectivity index (χ0v) is 14.5. The van der Waals surface area contributed by atoms with E-state index in [1.54, 1.807) is 0 Å². The summed E-state index contributed by atoms with van der Waals surface area (Å²) in [5.41, 5.74) is 0.701. The van der Waals surface area contributed by atoms with E-state index in [9.17, 15) is 15.0 Å². The molecule has 1 spiro atoms. The quantitative estimate of drug-likeness (QED) is 0.718. The summed E-state index contributed by atoms with van der Waals surface area (Å²) in [5.74, 6) is 0.496. The number of hydrogen-bond acceptors (Lipinski definition) is 2. The van der Waals surface area contributed by atoms with Crippen LogP contribution < -0.4 is 0 Å². The number of hydrogen-bond donors (Lipinski definition) is 2. The van der Waals surface area contributed by atoms with E-state index in [0.717, 1.165) is 38.5 Å². The molecule has 5 aliphatic carbocycles. The minimum absolute atomic E-state index is 0.0200. The Morgan fingerprint density at radius 2 is 1.91 bits per heavy atom. The monoisotopic (exact) mass is 318 g/mol. The van der Waals surface area contributed by atoms with E-state index < -0.39 is 11.4 Å². The Morgan fingerprint density at radius 3 is 2.57 bits per heavy atom. The summed E-state index contributed by atoms with van der Waals surface area (Å²) in [6.07, 6.45) is 7.55. The largest absolute Gasteiger partial charge is 0.481 e. The van der Waals surface area contributed by atoms with Gasteiger partial charge in [-0.1, -0.05) is 25.5 Å². The molecule has 0 aromatic carbocycles. The molecule has 5 rings (SSSR count). The molecule has 2 N–H and O–H groups in total. The Kier molecular flexibility index (Phi) is 3.15. The highest BCUT2D eigenvalue weighted by Crippen LogP contribution is 2.71. The average Bonchev–Trinajstić information content (AvgIpc) is 2.50. The number of allylic oxidation sites excluding steroid dienone is 1. The molecule has 5 saturated carbocycles. The van der Waals surface area contributed by atoms with Crippen LogP contribution in [0.15, 0.2) is 12.2 Å². The third-order valence-electron chi connectivity index (χ3n) is 8.69. The molecule has 0 radical (unpaired) electrons. The first kappa shape index (κ1) is 15.7. The Balaban J connectivity index is 1.80. The molecule has 0 amide bonds. The van der Waals surface area contributed by atoms with Gasteiger partial charge in [-0.05, 0) is 75.0 Å². The SMILES string of the molecule is C=C1CC23CCC1CC2C1(C)CCCC(C)(C(=O)O)C1CC3O. The average molecular weight is 318 g/mol. The molecule has 23 heavy (non-hydrogen) atoms. The van der Waals surface area contributed by atoms with Crippen LogP contribution in [0, 0.1) is 34.0 Å². The molecule has 3 heteroatoms. The van der Waals surface area contributed by atoms with Gasteiger partial charge in [0, 0.05) is 5.41 Å². The number of aliphatic carboxylic acids is 1. The molecule has 3 nitrogen and oxygen atoms in total. The maximum atomic E-state index is 12.1. The van der Waals surface area contributed by atoms with Crippen molar-refractivity contribution in [3.8, 4) is 0 Å².